The maximum atomic E-state index is 12.2. The maximum absolute atomic E-state index is 12.2. The predicted octanol–water partition coefficient (Wildman–Crippen LogP) is 3.28. The molecule has 1 aromatic rings. The van der Waals surface area contributed by atoms with Crippen LogP contribution < -0.4 is 5.32 Å². The van der Waals surface area contributed by atoms with Crippen molar-refractivity contribution in [2.75, 3.05) is 7.11 Å². The van der Waals surface area contributed by atoms with Gasteiger partial charge < -0.3 is 10.1 Å². The van der Waals surface area contributed by atoms with Gasteiger partial charge in [-0.3, -0.25) is 4.79 Å². The third-order valence-electron chi connectivity index (χ3n) is 5.23. The first-order valence-corrected chi connectivity index (χ1v) is 8.08. The highest BCUT2D eigenvalue weighted by atomic mass is 16.5. The van der Waals surface area contributed by atoms with E-state index >= 15 is 0 Å². The second-order valence-corrected chi connectivity index (χ2v) is 6.62. The van der Waals surface area contributed by atoms with Gasteiger partial charge in [-0.05, 0) is 48.1 Å². The fourth-order valence-corrected chi connectivity index (χ4v) is 4.16. The lowest BCUT2D eigenvalue weighted by Gasteiger charge is -2.21. The maximum Gasteiger partial charge on any atom is 0.220 e. The van der Waals surface area contributed by atoms with E-state index in [1.165, 1.54) is 25.7 Å². The van der Waals surface area contributed by atoms with E-state index in [1.807, 2.05) is 12.1 Å². The third kappa shape index (κ3) is 3.46. The average molecular weight is 287 g/mol. The SMILES string of the molecule is COCc1ccccc1CNC(=O)C[C@@H]1C[C@H]2CC[C@H]1C2. The predicted molar refractivity (Wildman–Crippen MR) is 82.6 cm³/mol. The molecule has 0 spiro atoms. The number of ether oxygens (including phenoxy) is 1. The molecule has 114 valence electrons. The fourth-order valence-electron chi connectivity index (χ4n) is 4.16. The summed E-state index contributed by atoms with van der Waals surface area (Å²) in [5.41, 5.74) is 2.31. The van der Waals surface area contributed by atoms with E-state index in [2.05, 4.69) is 17.4 Å². The van der Waals surface area contributed by atoms with Gasteiger partial charge in [0.1, 0.15) is 0 Å². The van der Waals surface area contributed by atoms with E-state index < -0.39 is 0 Å². The first-order chi connectivity index (χ1) is 10.3. The van der Waals surface area contributed by atoms with Gasteiger partial charge in [0, 0.05) is 20.1 Å². The Bertz CT molecular complexity index is 500. The van der Waals surface area contributed by atoms with Crippen LogP contribution in [-0.4, -0.2) is 13.0 Å². The molecule has 0 unspecified atom stereocenters. The summed E-state index contributed by atoms with van der Waals surface area (Å²) in [6.07, 6.45) is 6.10. The lowest BCUT2D eigenvalue weighted by molar-refractivity contribution is -0.122. The summed E-state index contributed by atoms with van der Waals surface area (Å²) in [5.74, 6) is 2.58. The van der Waals surface area contributed by atoms with E-state index in [4.69, 9.17) is 4.74 Å². The van der Waals surface area contributed by atoms with Gasteiger partial charge in [-0.2, -0.15) is 0 Å². The van der Waals surface area contributed by atoms with Crippen LogP contribution in [0, 0.1) is 17.8 Å². The Kier molecular flexibility index (Phi) is 4.59. The van der Waals surface area contributed by atoms with E-state index in [1.54, 1.807) is 7.11 Å². The molecule has 2 bridgehead atoms. The van der Waals surface area contributed by atoms with Crippen LogP contribution >= 0.6 is 0 Å². The Morgan fingerprint density at radius 2 is 2.05 bits per heavy atom. The highest BCUT2D eigenvalue weighted by Crippen LogP contribution is 2.49. The quantitative estimate of drug-likeness (QED) is 0.872. The molecule has 2 aliphatic carbocycles. The topological polar surface area (TPSA) is 38.3 Å². The Morgan fingerprint density at radius 3 is 2.71 bits per heavy atom. The summed E-state index contributed by atoms with van der Waals surface area (Å²) in [6, 6.07) is 8.14. The number of carbonyl (C=O) groups excluding carboxylic acids is 1. The van der Waals surface area contributed by atoms with Crippen LogP contribution in [0.5, 0.6) is 0 Å². The minimum Gasteiger partial charge on any atom is -0.380 e. The van der Waals surface area contributed by atoms with Gasteiger partial charge in [0.2, 0.25) is 5.91 Å². The number of methoxy groups -OCH3 is 1. The van der Waals surface area contributed by atoms with Crippen molar-refractivity contribution in [1.29, 1.82) is 0 Å². The molecule has 0 radical (unpaired) electrons. The van der Waals surface area contributed by atoms with Gasteiger partial charge in [-0.15, -0.1) is 0 Å². The summed E-state index contributed by atoms with van der Waals surface area (Å²) in [6.45, 7) is 1.21. The molecule has 0 aromatic heterocycles. The molecule has 21 heavy (non-hydrogen) atoms. The minimum absolute atomic E-state index is 0.208. The monoisotopic (exact) mass is 287 g/mol. The van der Waals surface area contributed by atoms with E-state index in [9.17, 15) is 4.79 Å². The second-order valence-electron chi connectivity index (χ2n) is 6.62. The van der Waals surface area contributed by atoms with Gasteiger partial charge in [-0.25, -0.2) is 0 Å². The third-order valence-corrected chi connectivity index (χ3v) is 5.23. The van der Waals surface area contributed by atoms with Gasteiger partial charge in [0.15, 0.2) is 0 Å². The number of nitrogens with one attached hydrogen (secondary N) is 1. The van der Waals surface area contributed by atoms with Crippen molar-refractivity contribution in [3.05, 3.63) is 35.4 Å². The molecule has 1 amide bonds. The minimum atomic E-state index is 0.208. The Morgan fingerprint density at radius 1 is 1.24 bits per heavy atom. The number of carbonyl (C=O) groups is 1. The second kappa shape index (κ2) is 6.61. The Hall–Kier alpha value is -1.35. The normalized spacial score (nSPS) is 27.0. The molecule has 1 aromatic carbocycles. The number of amides is 1. The Labute approximate surface area is 127 Å². The van der Waals surface area contributed by atoms with Gasteiger partial charge in [0.05, 0.1) is 6.61 Å². The summed E-state index contributed by atoms with van der Waals surface area (Å²) in [5, 5.41) is 3.09. The first-order valence-electron chi connectivity index (χ1n) is 8.08. The van der Waals surface area contributed by atoms with Crippen LogP contribution in [-0.2, 0) is 22.7 Å². The van der Waals surface area contributed by atoms with Crippen molar-refractivity contribution in [2.24, 2.45) is 17.8 Å². The summed E-state index contributed by atoms with van der Waals surface area (Å²) in [4.78, 5) is 12.2. The molecule has 0 heterocycles. The molecule has 3 nitrogen and oxygen atoms in total. The van der Waals surface area contributed by atoms with Crippen LogP contribution in [0.1, 0.15) is 43.2 Å². The van der Waals surface area contributed by atoms with Crippen LogP contribution in [0.2, 0.25) is 0 Å². The lowest BCUT2D eigenvalue weighted by Crippen LogP contribution is -2.27. The van der Waals surface area contributed by atoms with Crippen LogP contribution in [0.3, 0.4) is 0 Å². The van der Waals surface area contributed by atoms with Crippen molar-refractivity contribution in [3.63, 3.8) is 0 Å². The Balaban J connectivity index is 1.49. The zero-order valence-electron chi connectivity index (χ0n) is 12.8. The molecule has 0 aliphatic heterocycles. The highest BCUT2D eigenvalue weighted by Gasteiger charge is 2.39. The summed E-state index contributed by atoms with van der Waals surface area (Å²) < 4.78 is 5.20. The average Bonchev–Trinajstić information content (AvgIpc) is 3.09. The summed E-state index contributed by atoms with van der Waals surface area (Å²) >= 11 is 0. The van der Waals surface area contributed by atoms with Crippen LogP contribution in [0.25, 0.3) is 0 Å². The number of rotatable bonds is 6. The molecular weight excluding hydrogens is 262 g/mol. The van der Waals surface area contributed by atoms with Crippen LogP contribution in [0.4, 0.5) is 0 Å². The van der Waals surface area contributed by atoms with Crippen LogP contribution in [0.15, 0.2) is 24.3 Å². The van der Waals surface area contributed by atoms with Crippen molar-refractivity contribution in [1.82, 2.24) is 5.32 Å². The zero-order valence-corrected chi connectivity index (χ0v) is 12.8. The number of benzene rings is 1. The molecule has 0 saturated heterocycles. The number of hydrogen-bond donors (Lipinski definition) is 1. The zero-order chi connectivity index (χ0) is 14.7. The molecule has 2 saturated carbocycles. The fraction of sp³-hybridized carbons (Fsp3) is 0.611. The summed E-state index contributed by atoms with van der Waals surface area (Å²) in [7, 11) is 1.70. The molecule has 1 N–H and O–H groups in total. The van der Waals surface area contributed by atoms with Crippen molar-refractivity contribution in [3.8, 4) is 0 Å². The standard InChI is InChI=1S/C18H25NO2/c1-21-12-16-5-3-2-4-15(16)11-19-18(20)10-17-9-13-6-7-14(17)8-13/h2-5,13-14,17H,6-12H2,1H3,(H,19,20)/t13-,14-,17-/m0/s1. The van der Waals surface area contributed by atoms with Gasteiger partial charge in [-0.1, -0.05) is 30.7 Å². The van der Waals surface area contributed by atoms with E-state index in [0.29, 0.717) is 25.5 Å². The molecule has 3 rings (SSSR count). The van der Waals surface area contributed by atoms with Gasteiger partial charge in [0.25, 0.3) is 0 Å². The molecule has 2 aliphatic rings. The van der Waals surface area contributed by atoms with Crippen molar-refractivity contribution in [2.45, 2.75) is 45.3 Å². The first kappa shape index (κ1) is 14.6. The van der Waals surface area contributed by atoms with E-state index in [-0.39, 0.29) is 5.91 Å². The molecule has 2 fully saturated rings. The molecule has 3 atom stereocenters. The lowest BCUT2D eigenvalue weighted by atomic mass is 9.86. The van der Waals surface area contributed by atoms with Gasteiger partial charge >= 0.3 is 0 Å². The smallest absolute Gasteiger partial charge is 0.220 e. The number of fused-ring (bicyclic) bond motifs is 2. The van der Waals surface area contributed by atoms with Crippen molar-refractivity contribution < 1.29 is 9.53 Å². The van der Waals surface area contributed by atoms with Crippen molar-refractivity contribution >= 4 is 5.91 Å². The molecular formula is C18H25NO2. The molecule has 3 heteroatoms. The number of hydrogen-bond acceptors (Lipinski definition) is 2. The van der Waals surface area contributed by atoms with E-state index in [0.717, 1.165) is 23.0 Å². The largest absolute Gasteiger partial charge is 0.380 e. The highest BCUT2D eigenvalue weighted by molar-refractivity contribution is 5.76.